The van der Waals surface area contributed by atoms with Crippen molar-refractivity contribution < 1.29 is 18.0 Å². The topological polar surface area (TPSA) is 54.0 Å². The highest BCUT2D eigenvalue weighted by Gasteiger charge is 2.33. The average molecular weight is 385 g/mol. The van der Waals surface area contributed by atoms with Crippen LogP contribution < -0.4 is 10.6 Å². The van der Waals surface area contributed by atoms with Gasteiger partial charge in [-0.15, -0.1) is 0 Å². The second kappa shape index (κ2) is 8.12. The molecule has 7 heteroatoms. The van der Waals surface area contributed by atoms with Gasteiger partial charge in [0.15, 0.2) is 0 Å². The van der Waals surface area contributed by atoms with Gasteiger partial charge in [0.25, 0.3) is 5.91 Å². The Kier molecular flexibility index (Phi) is 5.63. The Morgan fingerprint density at radius 2 is 1.75 bits per heavy atom. The van der Waals surface area contributed by atoms with Crippen molar-refractivity contribution in [2.45, 2.75) is 19.6 Å². The van der Waals surface area contributed by atoms with Gasteiger partial charge in [0.05, 0.1) is 28.7 Å². The lowest BCUT2D eigenvalue weighted by Gasteiger charge is -2.14. The van der Waals surface area contributed by atoms with Crippen LogP contribution >= 0.6 is 0 Å². The molecular weight excluding hydrogens is 367 g/mol. The van der Waals surface area contributed by atoms with Gasteiger partial charge in [-0.1, -0.05) is 36.4 Å². The van der Waals surface area contributed by atoms with Crippen LogP contribution in [0.15, 0.2) is 67.0 Å². The first-order chi connectivity index (χ1) is 13.3. The van der Waals surface area contributed by atoms with Gasteiger partial charge in [0.2, 0.25) is 0 Å². The molecule has 1 aromatic heterocycles. The van der Waals surface area contributed by atoms with Gasteiger partial charge in [-0.2, -0.15) is 13.2 Å². The maximum Gasteiger partial charge on any atom is 0.418 e. The molecule has 0 aliphatic heterocycles. The fourth-order valence-corrected chi connectivity index (χ4v) is 2.71. The van der Waals surface area contributed by atoms with E-state index < -0.39 is 11.7 Å². The van der Waals surface area contributed by atoms with E-state index in [1.165, 1.54) is 36.7 Å². The lowest BCUT2D eigenvalue weighted by Crippen LogP contribution is -2.23. The van der Waals surface area contributed by atoms with Crippen LogP contribution in [0.1, 0.15) is 27.0 Å². The van der Waals surface area contributed by atoms with E-state index in [0.29, 0.717) is 12.2 Å². The molecule has 2 aromatic carbocycles. The molecule has 0 unspecified atom stereocenters. The highest BCUT2D eigenvalue weighted by molar-refractivity contribution is 5.94. The van der Waals surface area contributed by atoms with E-state index in [9.17, 15) is 18.0 Å². The Morgan fingerprint density at radius 3 is 2.50 bits per heavy atom. The zero-order valence-electron chi connectivity index (χ0n) is 15.0. The monoisotopic (exact) mass is 385 g/mol. The van der Waals surface area contributed by atoms with Crippen LogP contribution in [0.25, 0.3) is 0 Å². The summed E-state index contributed by atoms with van der Waals surface area (Å²) in [5, 5.41) is 5.49. The summed E-state index contributed by atoms with van der Waals surface area (Å²) in [6, 6.07) is 14.3. The number of carbonyl (C=O) groups is 1. The largest absolute Gasteiger partial charge is 0.418 e. The van der Waals surface area contributed by atoms with Crippen LogP contribution in [0.2, 0.25) is 0 Å². The number of nitrogens with one attached hydrogen (secondary N) is 2. The van der Waals surface area contributed by atoms with Crippen LogP contribution in [-0.2, 0) is 12.7 Å². The zero-order valence-corrected chi connectivity index (χ0v) is 15.0. The molecule has 3 rings (SSSR count). The lowest BCUT2D eigenvalue weighted by molar-refractivity contribution is -0.136. The van der Waals surface area contributed by atoms with E-state index in [-0.39, 0.29) is 17.2 Å². The number of nitrogens with zero attached hydrogens (tertiary/aromatic N) is 1. The molecule has 144 valence electrons. The van der Waals surface area contributed by atoms with Crippen LogP contribution in [0, 0.1) is 6.92 Å². The van der Waals surface area contributed by atoms with E-state index in [1.807, 2.05) is 31.2 Å². The second-order valence-electron chi connectivity index (χ2n) is 6.24. The van der Waals surface area contributed by atoms with Crippen molar-refractivity contribution in [1.29, 1.82) is 0 Å². The maximum absolute atomic E-state index is 13.1. The molecule has 1 amide bonds. The van der Waals surface area contributed by atoms with Crippen LogP contribution in [0.4, 0.5) is 24.5 Å². The van der Waals surface area contributed by atoms with Gasteiger partial charge < -0.3 is 10.6 Å². The van der Waals surface area contributed by atoms with Crippen LogP contribution in [0.3, 0.4) is 0 Å². The molecule has 0 saturated heterocycles. The highest BCUT2D eigenvalue weighted by atomic mass is 19.4. The van der Waals surface area contributed by atoms with E-state index in [0.717, 1.165) is 17.2 Å². The van der Waals surface area contributed by atoms with Crippen LogP contribution in [-0.4, -0.2) is 10.9 Å². The van der Waals surface area contributed by atoms with Crippen molar-refractivity contribution in [3.05, 3.63) is 89.2 Å². The average Bonchev–Trinajstić information content (AvgIpc) is 2.67. The summed E-state index contributed by atoms with van der Waals surface area (Å²) >= 11 is 0. The Balaban J connectivity index is 1.74. The summed E-state index contributed by atoms with van der Waals surface area (Å²) in [6.45, 7) is 2.30. The van der Waals surface area contributed by atoms with E-state index in [2.05, 4.69) is 15.6 Å². The second-order valence-corrected chi connectivity index (χ2v) is 6.24. The predicted octanol–water partition coefficient (Wildman–Crippen LogP) is 5.08. The molecule has 0 fully saturated rings. The predicted molar refractivity (Wildman–Crippen MR) is 101 cm³/mol. The van der Waals surface area contributed by atoms with Gasteiger partial charge in [-0.3, -0.25) is 9.78 Å². The smallest absolute Gasteiger partial charge is 0.354 e. The minimum Gasteiger partial charge on any atom is -0.354 e. The number of hydrogen-bond donors (Lipinski definition) is 2. The SMILES string of the molecule is Cc1ccccc1CNC(=O)c1cncc(Nc2ccccc2C(F)(F)F)c1. The number of para-hydroxylation sites is 1. The molecule has 0 bridgehead atoms. The van der Waals surface area contributed by atoms with Crippen molar-refractivity contribution in [3.8, 4) is 0 Å². The molecule has 0 spiro atoms. The third kappa shape index (κ3) is 4.68. The first-order valence-electron chi connectivity index (χ1n) is 8.55. The van der Waals surface area contributed by atoms with Gasteiger partial charge in [-0.25, -0.2) is 0 Å². The molecule has 0 atom stereocenters. The fraction of sp³-hybridized carbons (Fsp3) is 0.143. The summed E-state index contributed by atoms with van der Waals surface area (Å²) < 4.78 is 39.4. The molecule has 4 nitrogen and oxygen atoms in total. The first-order valence-corrected chi connectivity index (χ1v) is 8.55. The summed E-state index contributed by atoms with van der Waals surface area (Å²) in [5.74, 6) is -0.358. The standard InChI is InChI=1S/C21H18F3N3O/c1-14-6-2-3-7-15(14)12-26-20(28)16-10-17(13-25-11-16)27-19-9-5-4-8-18(19)21(22,23)24/h2-11,13,27H,12H2,1H3,(H,26,28). The Labute approximate surface area is 160 Å². The molecule has 0 aliphatic rings. The third-order valence-corrected chi connectivity index (χ3v) is 4.21. The fourth-order valence-electron chi connectivity index (χ4n) is 2.71. The quantitative estimate of drug-likeness (QED) is 0.644. The Bertz CT molecular complexity index is 986. The molecule has 0 aliphatic carbocycles. The summed E-state index contributed by atoms with van der Waals surface area (Å²) in [5.41, 5.74) is 1.69. The number of benzene rings is 2. The number of hydrogen-bond acceptors (Lipinski definition) is 3. The number of alkyl halides is 3. The highest BCUT2D eigenvalue weighted by Crippen LogP contribution is 2.35. The molecule has 0 saturated carbocycles. The van der Waals surface area contributed by atoms with E-state index in [1.54, 1.807) is 0 Å². The van der Waals surface area contributed by atoms with Crippen LogP contribution in [0.5, 0.6) is 0 Å². The summed E-state index contributed by atoms with van der Waals surface area (Å²) in [4.78, 5) is 16.4. The molecule has 0 radical (unpaired) electrons. The molecule has 2 N–H and O–H groups in total. The number of carbonyl (C=O) groups excluding carboxylic acids is 1. The number of rotatable bonds is 5. The maximum atomic E-state index is 13.1. The number of aryl methyl sites for hydroxylation is 1. The van der Waals surface area contributed by atoms with Crippen molar-refractivity contribution in [3.63, 3.8) is 0 Å². The minimum atomic E-state index is -4.49. The van der Waals surface area contributed by atoms with Gasteiger partial charge in [0, 0.05) is 12.7 Å². The van der Waals surface area contributed by atoms with E-state index >= 15 is 0 Å². The number of amides is 1. The minimum absolute atomic E-state index is 0.103. The normalized spacial score (nSPS) is 11.1. The Morgan fingerprint density at radius 1 is 1.04 bits per heavy atom. The molecular formula is C21H18F3N3O. The number of anilines is 2. The zero-order chi connectivity index (χ0) is 20.1. The molecule has 3 aromatic rings. The third-order valence-electron chi connectivity index (χ3n) is 4.21. The van der Waals surface area contributed by atoms with Crippen molar-refractivity contribution in [2.75, 3.05) is 5.32 Å². The van der Waals surface area contributed by atoms with Gasteiger partial charge in [-0.05, 0) is 36.2 Å². The van der Waals surface area contributed by atoms with Crippen molar-refractivity contribution in [2.24, 2.45) is 0 Å². The van der Waals surface area contributed by atoms with Crippen molar-refractivity contribution in [1.82, 2.24) is 10.3 Å². The van der Waals surface area contributed by atoms with E-state index in [4.69, 9.17) is 0 Å². The van der Waals surface area contributed by atoms with Crippen molar-refractivity contribution >= 4 is 17.3 Å². The molecule has 28 heavy (non-hydrogen) atoms. The number of halogens is 3. The summed E-state index contributed by atoms with van der Waals surface area (Å²) in [6.07, 6.45) is -1.75. The van der Waals surface area contributed by atoms with Gasteiger partial charge in [0.1, 0.15) is 0 Å². The number of aromatic nitrogens is 1. The molecule has 1 heterocycles. The summed E-state index contributed by atoms with van der Waals surface area (Å²) in [7, 11) is 0. The van der Waals surface area contributed by atoms with Gasteiger partial charge >= 0.3 is 6.18 Å². The Hall–Kier alpha value is -3.35. The first kappa shape index (κ1) is 19.4. The number of pyridine rings is 1. The lowest BCUT2D eigenvalue weighted by atomic mass is 10.1.